The van der Waals surface area contributed by atoms with Gasteiger partial charge in [0, 0.05) is 20.0 Å². The van der Waals surface area contributed by atoms with Crippen LogP contribution >= 0.6 is 0 Å². The van der Waals surface area contributed by atoms with Crippen LogP contribution in [-0.4, -0.2) is 44.4 Å². The van der Waals surface area contributed by atoms with Crippen molar-refractivity contribution in [1.82, 2.24) is 19.2 Å². The third kappa shape index (κ3) is 4.75. The maximum absolute atomic E-state index is 13.3. The first kappa shape index (κ1) is 23.3. The molecule has 2 heterocycles. The van der Waals surface area contributed by atoms with Gasteiger partial charge in [0.2, 0.25) is 25.9 Å². The average molecular weight is 483 g/mol. The first-order chi connectivity index (χ1) is 15.2. The van der Waals surface area contributed by atoms with E-state index in [-0.39, 0.29) is 9.79 Å². The number of benzene rings is 1. The molecule has 1 aromatic carbocycles. The molecule has 2 fully saturated rings. The van der Waals surface area contributed by atoms with Crippen molar-refractivity contribution in [2.45, 2.75) is 80.0 Å². The SMILES string of the molecule is Cc1nc(C2(NS(=O)(=O)c3ccc(S(=O)(=O)N4CCCCC4)cc3)CCCCCC2)no1. The van der Waals surface area contributed by atoms with Crippen molar-refractivity contribution in [1.29, 1.82) is 0 Å². The van der Waals surface area contributed by atoms with Crippen molar-refractivity contribution in [3.63, 3.8) is 0 Å². The first-order valence-electron chi connectivity index (χ1n) is 11.2. The number of hydrogen-bond acceptors (Lipinski definition) is 7. The topological polar surface area (TPSA) is 122 Å². The van der Waals surface area contributed by atoms with Gasteiger partial charge < -0.3 is 4.52 Å². The minimum absolute atomic E-state index is 0.0129. The number of hydrogen-bond donors (Lipinski definition) is 1. The summed E-state index contributed by atoms with van der Waals surface area (Å²) in [7, 11) is -7.56. The van der Waals surface area contributed by atoms with Gasteiger partial charge in [0.05, 0.1) is 15.3 Å². The quantitative estimate of drug-likeness (QED) is 0.628. The lowest BCUT2D eigenvalue weighted by Gasteiger charge is -2.30. The standard InChI is InChI=1S/C21H30N4O5S2/c1-17-22-20(23-30-17)21(13-5-2-3-6-14-21)24-31(26,27)18-9-11-19(12-10-18)32(28,29)25-15-7-4-8-16-25/h9-12,24H,2-8,13-16H2,1H3. The number of sulfonamides is 2. The molecule has 1 saturated carbocycles. The van der Waals surface area contributed by atoms with Gasteiger partial charge >= 0.3 is 0 Å². The molecule has 2 aliphatic rings. The molecule has 0 spiro atoms. The lowest BCUT2D eigenvalue weighted by atomic mass is 9.91. The number of nitrogens with one attached hydrogen (secondary N) is 1. The van der Waals surface area contributed by atoms with Crippen LogP contribution in [0.5, 0.6) is 0 Å². The summed E-state index contributed by atoms with van der Waals surface area (Å²) < 4.78 is 61.8. The summed E-state index contributed by atoms with van der Waals surface area (Å²) in [5.74, 6) is 0.736. The molecular weight excluding hydrogens is 452 g/mol. The molecule has 1 aliphatic heterocycles. The van der Waals surface area contributed by atoms with Crippen LogP contribution in [0.1, 0.15) is 69.5 Å². The molecular formula is C21H30N4O5S2. The molecule has 176 valence electrons. The van der Waals surface area contributed by atoms with E-state index in [9.17, 15) is 16.8 Å². The number of nitrogens with zero attached hydrogens (tertiary/aromatic N) is 3. The highest BCUT2D eigenvalue weighted by Gasteiger charge is 2.41. The third-order valence-corrected chi connectivity index (χ3v) is 9.79. The number of piperidine rings is 1. The van der Waals surface area contributed by atoms with E-state index < -0.39 is 25.6 Å². The predicted molar refractivity (Wildman–Crippen MR) is 118 cm³/mol. The normalized spacial score (nSPS) is 20.7. The van der Waals surface area contributed by atoms with Gasteiger partial charge in [0.15, 0.2) is 5.82 Å². The van der Waals surface area contributed by atoms with E-state index in [1.165, 1.54) is 28.6 Å². The van der Waals surface area contributed by atoms with Gasteiger partial charge in [0.1, 0.15) is 0 Å². The van der Waals surface area contributed by atoms with Crippen molar-refractivity contribution >= 4 is 20.0 Å². The predicted octanol–water partition coefficient (Wildman–Crippen LogP) is 3.08. The Morgan fingerprint density at radius 2 is 1.44 bits per heavy atom. The second kappa shape index (κ2) is 9.20. The summed E-state index contributed by atoms with van der Waals surface area (Å²) in [5, 5.41) is 4.03. The van der Waals surface area contributed by atoms with Crippen LogP contribution in [0.15, 0.2) is 38.6 Å². The Labute approximate surface area is 189 Å². The van der Waals surface area contributed by atoms with Crippen molar-refractivity contribution in [2.75, 3.05) is 13.1 Å². The van der Waals surface area contributed by atoms with Gasteiger partial charge in [-0.1, -0.05) is 37.3 Å². The summed E-state index contributed by atoms with van der Waals surface area (Å²) in [5.41, 5.74) is -0.939. The maximum Gasteiger partial charge on any atom is 0.243 e. The van der Waals surface area contributed by atoms with Crippen LogP contribution in [0.2, 0.25) is 0 Å². The fraction of sp³-hybridized carbons (Fsp3) is 0.619. The highest BCUT2D eigenvalue weighted by molar-refractivity contribution is 7.89. The van der Waals surface area contributed by atoms with Gasteiger partial charge in [0.25, 0.3) is 0 Å². The van der Waals surface area contributed by atoms with Gasteiger partial charge in [-0.2, -0.15) is 14.0 Å². The Morgan fingerprint density at radius 1 is 0.875 bits per heavy atom. The minimum atomic E-state index is -3.94. The first-order valence-corrected chi connectivity index (χ1v) is 14.1. The average Bonchev–Trinajstić information content (AvgIpc) is 3.10. The fourth-order valence-corrected chi connectivity index (χ4v) is 7.50. The monoisotopic (exact) mass is 482 g/mol. The van der Waals surface area contributed by atoms with E-state index in [2.05, 4.69) is 14.9 Å². The maximum atomic E-state index is 13.3. The van der Waals surface area contributed by atoms with Crippen molar-refractivity contribution in [2.24, 2.45) is 0 Å². The van der Waals surface area contributed by atoms with E-state index in [0.717, 1.165) is 44.9 Å². The summed E-state index contributed by atoms with van der Waals surface area (Å²) in [6.07, 6.45) is 7.59. The zero-order valence-corrected chi connectivity index (χ0v) is 19.9. The Kier molecular flexibility index (Phi) is 6.71. The molecule has 0 bridgehead atoms. The molecule has 0 unspecified atom stereocenters. The zero-order valence-electron chi connectivity index (χ0n) is 18.3. The van der Waals surface area contributed by atoms with Crippen LogP contribution in [-0.2, 0) is 25.6 Å². The molecule has 0 atom stereocenters. The second-order valence-corrected chi connectivity index (χ2v) is 12.3. The van der Waals surface area contributed by atoms with E-state index in [4.69, 9.17) is 4.52 Å². The minimum Gasteiger partial charge on any atom is -0.340 e. The van der Waals surface area contributed by atoms with E-state index in [0.29, 0.717) is 37.6 Å². The summed E-state index contributed by atoms with van der Waals surface area (Å²) in [4.78, 5) is 4.46. The molecule has 1 aromatic heterocycles. The lowest BCUT2D eigenvalue weighted by molar-refractivity contribution is 0.301. The highest BCUT2D eigenvalue weighted by atomic mass is 32.2. The van der Waals surface area contributed by atoms with Crippen LogP contribution in [0.4, 0.5) is 0 Å². The smallest absolute Gasteiger partial charge is 0.243 e. The van der Waals surface area contributed by atoms with Gasteiger partial charge in [-0.05, 0) is 49.9 Å². The van der Waals surface area contributed by atoms with Crippen molar-refractivity contribution in [3.8, 4) is 0 Å². The molecule has 1 N–H and O–H groups in total. The van der Waals surface area contributed by atoms with Crippen LogP contribution in [0, 0.1) is 6.92 Å². The fourth-order valence-electron chi connectivity index (χ4n) is 4.56. The Bertz CT molecular complexity index is 1130. The molecule has 9 nitrogen and oxygen atoms in total. The number of aromatic nitrogens is 2. The largest absolute Gasteiger partial charge is 0.340 e. The molecule has 2 aromatic rings. The van der Waals surface area contributed by atoms with Crippen molar-refractivity contribution < 1.29 is 21.4 Å². The molecule has 0 radical (unpaired) electrons. The molecule has 1 aliphatic carbocycles. The van der Waals surface area contributed by atoms with Crippen LogP contribution in [0.3, 0.4) is 0 Å². The molecule has 11 heteroatoms. The van der Waals surface area contributed by atoms with E-state index >= 15 is 0 Å². The third-order valence-electron chi connectivity index (χ3n) is 6.33. The highest BCUT2D eigenvalue weighted by Crippen LogP contribution is 2.36. The lowest BCUT2D eigenvalue weighted by Crippen LogP contribution is -2.46. The van der Waals surface area contributed by atoms with E-state index in [1.807, 2.05) is 0 Å². The molecule has 32 heavy (non-hydrogen) atoms. The molecule has 0 amide bonds. The summed E-state index contributed by atoms with van der Waals surface area (Å²) >= 11 is 0. The summed E-state index contributed by atoms with van der Waals surface area (Å²) in [6.45, 7) is 2.67. The number of aryl methyl sites for hydroxylation is 1. The zero-order chi connectivity index (χ0) is 22.8. The van der Waals surface area contributed by atoms with Gasteiger partial charge in [-0.15, -0.1) is 0 Å². The van der Waals surface area contributed by atoms with Crippen LogP contribution in [0.25, 0.3) is 0 Å². The molecule has 4 rings (SSSR count). The van der Waals surface area contributed by atoms with Crippen LogP contribution < -0.4 is 4.72 Å². The Morgan fingerprint density at radius 3 is 2.00 bits per heavy atom. The molecule has 1 saturated heterocycles. The van der Waals surface area contributed by atoms with Gasteiger partial charge in [-0.3, -0.25) is 0 Å². The Hall–Kier alpha value is -1.82. The summed E-state index contributed by atoms with van der Waals surface area (Å²) in [6, 6.07) is 5.45. The number of rotatable bonds is 6. The Balaban J connectivity index is 1.61. The van der Waals surface area contributed by atoms with Gasteiger partial charge in [-0.25, -0.2) is 16.8 Å². The second-order valence-electron chi connectivity index (χ2n) is 8.67. The van der Waals surface area contributed by atoms with E-state index in [1.54, 1.807) is 6.92 Å². The van der Waals surface area contributed by atoms with Crippen molar-refractivity contribution in [3.05, 3.63) is 36.0 Å².